The number of aliphatic hydroxyl groups excluding tert-OH is 1. The van der Waals surface area contributed by atoms with E-state index in [9.17, 15) is 19.2 Å². The van der Waals surface area contributed by atoms with Crippen LogP contribution in [0.4, 0.5) is 0 Å². The van der Waals surface area contributed by atoms with Crippen LogP contribution >= 0.6 is 69.6 Å². The maximum atomic E-state index is 11.2. The van der Waals surface area contributed by atoms with Crippen molar-refractivity contribution in [3.05, 3.63) is 107 Å². The zero-order chi connectivity index (χ0) is 36.0. The molecule has 3 rings (SSSR count). The van der Waals surface area contributed by atoms with Crippen LogP contribution in [-0.2, 0) is 41.5 Å². The molecule has 16 heteroatoms. The van der Waals surface area contributed by atoms with Gasteiger partial charge in [0.15, 0.2) is 0 Å². The Morgan fingerprint density at radius 3 is 1.38 bits per heavy atom. The van der Waals surface area contributed by atoms with E-state index in [0.717, 1.165) is 12.7 Å². The number of benzene rings is 3. The van der Waals surface area contributed by atoms with Crippen LogP contribution in [0.15, 0.2) is 54.6 Å². The summed E-state index contributed by atoms with van der Waals surface area (Å²) < 4.78 is 8.93. The normalized spacial score (nSPS) is 8.85. The standard InChI is InChI=1S/C9H6Cl2N2O2.C9H8Cl2O2.C8H6Cl2O2.C3H6O.CH4O.CH4/c1-15-9(14)8(13-12)5-2-3-6(10)7(11)4-5;1-13-9(12)5-6-2-3-7(10)8(11)4-6;9-6-2-1-5(3-7(6)10)4-8(11)12;1-3(2)4;1-2;/h2-4H,1H3;2-4H,5H2,1H3;1-3H,4H2,(H,11,12);1-2H3;2H,1H3;1H4. The van der Waals surface area contributed by atoms with E-state index in [1.54, 1.807) is 36.4 Å². The van der Waals surface area contributed by atoms with Crippen molar-refractivity contribution in [2.75, 3.05) is 21.3 Å². The van der Waals surface area contributed by atoms with E-state index >= 15 is 0 Å². The second-order valence-corrected chi connectivity index (χ2v) is 10.7. The molecule has 258 valence electrons. The molecule has 0 aliphatic carbocycles. The maximum Gasteiger partial charge on any atom is 0.422 e. The minimum absolute atomic E-state index is 0. The lowest BCUT2D eigenvalue weighted by Crippen LogP contribution is -2.18. The summed E-state index contributed by atoms with van der Waals surface area (Å²) >= 11 is 34.2. The summed E-state index contributed by atoms with van der Waals surface area (Å²) in [6.45, 7) is 3.06. The van der Waals surface area contributed by atoms with Gasteiger partial charge in [-0.25, -0.2) is 4.79 Å². The second kappa shape index (κ2) is 26.8. The SMILES string of the molecule is C.CC(C)=O.CO.COC(=O)C(=[N+]=[N-])c1ccc(Cl)c(Cl)c1.COC(=O)Cc1ccc(Cl)c(Cl)c1.O=C(O)Cc1ccc(Cl)c(Cl)c1. The highest BCUT2D eigenvalue weighted by Crippen LogP contribution is 2.24. The van der Waals surface area contributed by atoms with Crippen molar-refractivity contribution in [2.45, 2.75) is 34.1 Å². The number of hydrogen-bond acceptors (Lipinski definition) is 7. The van der Waals surface area contributed by atoms with Gasteiger partial charge in [0, 0.05) is 7.11 Å². The molecule has 0 heterocycles. The first-order valence-electron chi connectivity index (χ1n) is 12.4. The quantitative estimate of drug-likeness (QED) is 0.109. The van der Waals surface area contributed by atoms with Crippen molar-refractivity contribution in [2.24, 2.45) is 0 Å². The van der Waals surface area contributed by atoms with Gasteiger partial charge in [-0.1, -0.05) is 89.2 Å². The lowest BCUT2D eigenvalue weighted by molar-refractivity contribution is -0.140. The molecule has 0 amide bonds. The summed E-state index contributed by atoms with van der Waals surface area (Å²) in [4.78, 5) is 44.6. The molecule has 0 radical (unpaired) electrons. The number of carbonyl (C=O) groups excluding carboxylic acids is 3. The highest BCUT2D eigenvalue weighted by molar-refractivity contribution is 6.44. The first-order valence-corrected chi connectivity index (χ1v) is 14.7. The molecule has 2 N–H and O–H groups in total. The van der Waals surface area contributed by atoms with Gasteiger partial charge in [0.2, 0.25) is 0 Å². The fraction of sp³-hybridized carbons (Fsp3) is 0.258. The Labute approximate surface area is 303 Å². The highest BCUT2D eigenvalue weighted by atomic mass is 35.5. The average Bonchev–Trinajstić information content (AvgIpc) is 3.00. The van der Waals surface area contributed by atoms with Crippen LogP contribution in [-0.4, -0.2) is 65.7 Å². The number of carboxylic acids is 1. The number of methoxy groups -OCH3 is 2. The average molecular weight is 775 g/mol. The molecule has 0 aliphatic rings. The third-order valence-corrected chi connectivity index (χ3v) is 6.79. The van der Waals surface area contributed by atoms with E-state index in [1.807, 2.05) is 0 Å². The number of esters is 2. The van der Waals surface area contributed by atoms with E-state index in [4.69, 9.17) is 85.3 Å². The number of carboxylic acid groups (broad SMARTS) is 1. The number of aliphatic carboxylic acids is 1. The van der Waals surface area contributed by atoms with E-state index < -0.39 is 11.9 Å². The summed E-state index contributed by atoms with van der Waals surface area (Å²) in [5, 5.41) is 17.8. The predicted octanol–water partition coefficient (Wildman–Crippen LogP) is 8.35. The minimum Gasteiger partial charge on any atom is -0.481 e. The Bertz CT molecular complexity index is 1530. The van der Waals surface area contributed by atoms with Gasteiger partial charge in [-0.05, 0) is 67.4 Å². The molecular weight excluding hydrogens is 741 g/mol. The van der Waals surface area contributed by atoms with Gasteiger partial charge < -0.3 is 30.0 Å². The topological polar surface area (TPSA) is 164 Å². The molecule has 0 spiro atoms. The van der Waals surface area contributed by atoms with Crippen LogP contribution in [0.5, 0.6) is 0 Å². The second-order valence-electron chi connectivity index (χ2n) is 8.30. The van der Waals surface area contributed by atoms with Gasteiger partial charge in [-0.3, -0.25) is 9.59 Å². The first-order chi connectivity index (χ1) is 21.6. The van der Waals surface area contributed by atoms with Gasteiger partial charge in [-0.2, -0.15) is 4.79 Å². The Kier molecular flexibility index (Phi) is 27.5. The summed E-state index contributed by atoms with van der Waals surface area (Å²) in [6.07, 6.45) is 0.185. The van der Waals surface area contributed by atoms with Gasteiger partial charge in [0.25, 0.3) is 0 Å². The fourth-order valence-electron chi connectivity index (χ4n) is 2.67. The predicted molar refractivity (Wildman–Crippen MR) is 187 cm³/mol. The lowest BCUT2D eigenvalue weighted by Gasteiger charge is -2.01. The summed E-state index contributed by atoms with van der Waals surface area (Å²) in [7, 11) is 3.53. The summed E-state index contributed by atoms with van der Waals surface area (Å²) in [5.74, 6) is -1.76. The lowest BCUT2D eigenvalue weighted by atomic mass is 10.1. The minimum atomic E-state index is -0.881. The van der Waals surface area contributed by atoms with Gasteiger partial charge in [0.1, 0.15) is 5.78 Å². The molecule has 0 saturated carbocycles. The van der Waals surface area contributed by atoms with E-state index in [2.05, 4.69) is 14.3 Å². The largest absolute Gasteiger partial charge is 0.481 e. The number of rotatable bonds is 6. The Balaban J connectivity index is -0.000000566. The smallest absolute Gasteiger partial charge is 0.422 e. The molecule has 0 aliphatic heterocycles. The van der Waals surface area contributed by atoms with Crippen molar-refractivity contribution in [1.82, 2.24) is 0 Å². The zero-order valence-corrected chi connectivity index (χ0v) is 29.7. The van der Waals surface area contributed by atoms with Crippen molar-refractivity contribution in [3.8, 4) is 0 Å². The molecular formula is C31H34Cl6N2O8. The summed E-state index contributed by atoms with van der Waals surface area (Å²) in [5.41, 5.74) is 10.2. The van der Waals surface area contributed by atoms with Crippen molar-refractivity contribution in [3.63, 3.8) is 0 Å². The molecule has 10 nitrogen and oxygen atoms in total. The molecule has 0 unspecified atom stereocenters. The Hall–Kier alpha value is -3.18. The Morgan fingerprint density at radius 2 is 1.06 bits per heavy atom. The monoisotopic (exact) mass is 772 g/mol. The number of aliphatic hydroxyl groups is 1. The number of nitrogens with zero attached hydrogens (tertiary/aromatic N) is 2. The van der Waals surface area contributed by atoms with Crippen molar-refractivity contribution in [1.29, 1.82) is 0 Å². The number of halogens is 6. The zero-order valence-electron chi connectivity index (χ0n) is 25.1. The van der Waals surface area contributed by atoms with E-state index in [-0.39, 0.29) is 42.8 Å². The van der Waals surface area contributed by atoms with Crippen molar-refractivity contribution < 1.29 is 43.7 Å². The number of ether oxygens (including phenoxy) is 2. The van der Waals surface area contributed by atoms with Crippen LogP contribution in [0.25, 0.3) is 5.53 Å². The van der Waals surface area contributed by atoms with Crippen LogP contribution in [0.1, 0.15) is 38.0 Å². The fourth-order valence-corrected chi connectivity index (χ4v) is 3.61. The third-order valence-electron chi connectivity index (χ3n) is 4.57. The number of carbonyl (C=O) groups is 4. The van der Waals surface area contributed by atoms with Crippen LogP contribution in [0, 0.1) is 0 Å². The van der Waals surface area contributed by atoms with Gasteiger partial charge in [-0.15, -0.1) is 0 Å². The number of hydrogen-bond donors (Lipinski definition) is 2. The Morgan fingerprint density at radius 1 is 0.681 bits per heavy atom. The molecule has 3 aromatic carbocycles. The highest BCUT2D eigenvalue weighted by Gasteiger charge is 2.24. The maximum absolute atomic E-state index is 11.2. The third kappa shape index (κ3) is 21.3. The van der Waals surface area contributed by atoms with Crippen LogP contribution in [0.3, 0.4) is 0 Å². The number of Topliss-reactive ketones (excluding diaryl/α,β-unsaturated/α-hetero) is 1. The van der Waals surface area contributed by atoms with E-state index in [1.165, 1.54) is 46.3 Å². The van der Waals surface area contributed by atoms with Gasteiger partial charge in [0.05, 0.1) is 62.8 Å². The molecule has 3 aromatic rings. The molecule has 0 atom stereocenters. The molecule has 0 fully saturated rings. The van der Waals surface area contributed by atoms with Crippen LogP contribution < -0.4 is 0 Å². The van der Waals surface area contributed by atoms with Crippen LogP contribution in [0.2, 0.25) is 30.1 Å². The molecule has 0 aromatic heterocycles. The molecule has 0 bridgehead atoms. The molecule has 47 heavy (non-hydrogen) atoms. The first kappa shape index (κ1) is 48.2. The van der Waals surface area contributed by atoms with E-state index in [0.29, 0.717) is 36.2 Å². The molecule has 0 saturated heterocycles. The van der Waals surface area contributed by atoms with Crippen molar-refractivity contribution >= 4 is 99.0 Å². The summed E-state index contributed by atoms with van der Waals surface area (Å²) in [6, 6.07) is 14.2. The number of ketones is 1. The van der Waals surface area contributed by atoms with Gasteiger partial charge >= 0.3 is 23.6 Å².